The van der Waals surface area contributed by atoms with Gasteiger partial charge in [-0.3, -0.25) is 9.78 Å². The van der Waals surface area contributed by atoms with Crippen molar-refractivity contribution in [2.75, 3.05) is 19.6 Å². The Balaban J connectivity index is 1.93. The maximum Gasteiger partial charge on any atom is 0.228 e. The van der Waals surface area contributed by atoms with Gasteiger partial charge in [0.1, 0.15) is 0 Å². The Morgan fingerprint density at radius 3 is 3.19 bits per heavy atom. The zero-order valence-corrected chi connectivity index (χ0v) is 9.52. The highest BCUT2D eigenvalue weighted by Gasteiger charge is 2.20. The van der Waals surface area contributed by atoms with Gasteiger partial charge in [-0.1, -0.05) is 6.07 Å². The molecule has 0 saturated carbocycles. The number of rotatable bonds is 2. The highest BCUT2D eigenvalue weighted by Crippen LogP contribution is 2.03. The van der Waals surface area contributed by atoms with Crippen molar-refractivity contribution in [1.82, 2.24) is 15.2 Å². The van der Waals surface area contributed by atoms with E-state index >= 15 is 0 Å². The van der Waals surface area contributed by atoms with Crippen LogP contribution in [-0.4, -0.2) is 41.5 Å². The molecule has 4 heteroatoms. The molecule has 0 radical (unpaired) electrons. The second-order valence-corrected chi connectivity index (χ2v) is 4.19. The predicted molar refractivity (Wildman–Crippen MR) is 62.0 cm³/mol. The molecule has 0 unspecified atom stereocenters. The van der Waals surface area contributed by atoms with Crippen LogP contribution in [0.1, 0.15) is 12.6 Å². The number of hydrogen-bond acceptors (Lipinski definition) is 3. The second kappa shape index (κ2) is 5.07. The number of amides is 1. The molecule has 0 aromatic carbocycles. The van der Waals surface area contributed by atoms with Crippen molar-refractivity contribution in [3.63, 3.8) is 0 Å². The van der Waals surface area contributed by atoms with Gasteiger partial charge < -0.3 is 10.2 Å². The molecule has 4 nitrogen and oxygen atoms in total. The van der Waals surface area contributed by atoms with Gasteiger partial charge in [0, 0.05) is 37.6 Å². The Bertz CT molecular complexity index is 353. The Hall–Kier alpha value is -1.42. The van der Waals surface area contributed by atoms with Crippen molar-refractivity contribution in [2.24, 2.45) is 0 Å². The molecule has 16 heavy (non-hydrogen) atoms. The lowest BCUT2D eigenvalue weighted by Crippen LogP contribution is -2.51. The second-order valence-electron chi connectivity index (χ2n) is 4.19. The monoisotopic (exact) mass is 219 g/mol. The molecule has 0 spiro atoms. The quantitative estimate of drug-likeness (QED) is 0.785. The summed E-state index contributed by atoms with van der Waals surface area (Å²) in [7, 11) is 0. The lowest BCUT2D eigenvalue weighted by molar-refractivity contribution is -0.131. The van der Waals surface area contributed by atoms with E-state index in [1.54, 1.807) is 6.20 Å². The number of nitrogens with one attached hydrogen (secondary N) is 1. The van der Waals surface area contributed by atoms with E-state index in [0.717, 1.165) is 25.3 Å². The Morgan fingerprint density at radius 1 is 1.62 bits per heavy atom. The predicted octanol–water partition coefficient (Wildman–Crippen LogP) is 0.444. The summed E-state index contributed by atoms with van der Waals surface area (Å²) in [4.78, 5) is 18.1. The van der Waals surface area contributed by atoms with Gasteiger partial charge in [0.2, 0.25) is 5.91 Å². The summed E-state index contributed by atoms with van der Waals surface area (Å²) < 4.78 is 0. The summed E-state index contributed by atoms with van der Waals surface area (Å²) >= 11 is 0. The number of piperazine rings is 1. The van der Waals surface area contributed by atoms with Gasteiger partial charge >= 0.3 is 0 Å². The molecule has 86 valence electrons. The minimum atomic E-state index is 0.173. The van der Waals surface area contributed by atoms with Crippen molar-refractivity contribution in [3.8, 4) is 0 Å². The van der Waals surface area contributed by atoms with Crippen LogP contribution >= 0.6 is 0 Å². The first-order valence-electron chi connectivity index (χ1n) is 5.67. The van der Waals surface area contributed by atoms with Gasteiger partial charge in [0.15, 0.2) is 0 Å². The fraction of sp³-hybridized carbons (Fsp3) is 0.500. The van der Waals surface area contributed by atoms with Gasteiger partial charge in [0.05, 0.1) is 6.42 Å². The van der Waals surface area contributed by atoms with Gasteiger partial charge in [-0.25, -0.2) is 0 Å². The first-order chi connectivity index (χ1) is 7.75. The Morgan fingerprint density at radius 2 is 2.50 bits per heavy atom. The largest absolute Gasteiger partial charge is 0.340 e. The summed E-state index contributed by atoms with van der Waals surface area (Å²) in [6, 6.07) is 6.06. The molecule has 1 aromatic rings. The van der Waals surface area contributed by atoms with E-state index in [0.29, 0.717) is 12.5 Å². The third-order valence-corrected chi connectivity index (χ3v) is 2.78. The standard InChI is InChI=1S/C12H17N3O/c1-10-9-15(7-6-13-10)12(16)8-11-4-2-3-5-14-11/h2-5,10,13H,6-9H2,1H3/t10-/m0/s1. The molecule has 2 heterocycles. The molecule has 1 aromatic heterocycles. The van der Waals surface area contributed by atoms with E-state index in [1.807, 2.05) is 23.1 Å². The number of carbonyl (C=O) groups is 1. The molecule has 1 aliphatic heterocycles. The smallest absolute Gasteiger partial charge is 0.228 e. The van der Waals surface area contributed by atoms with Crippen LogP contribution < -0.4 is 5.32 Å². The van der Waals surface area contributed by atoms with E-state index in [4.69, 9.17) is 0 Å². The van der Waals surface area contributed by atoms with Crippen LogP contribution in [0.25, 0.3) is 0 Å². The summed E-state index contributed by atoms with van der Waals surface area (Å²) in [6.45, 7) is 4.58. The van der Waals surface area contributed by atoms with Gasteiger partial charge in [0.25, 0.3) is 0 Å². The molecular weight excluding hydrogens is 202 g/mol. The molecule has 0 bridgehead atoms. The van der Waals surface area contributed by atoms with Crippen LogP contribution in [0.2, 0.25) is 0 Å². The zero-order valence-electron chi connectivity index (χ0n) is 9.52. The van der Waals surface area contributed by atoms with Crippen molar-refractivity contribution in [2.45, 2.75) is 19.4 Å². The van der Waals surface area contributed by atoms with E-state index in [2.05, 4.69) is 17.2 Å². The average molecular weight is 219 g/mol. The van der Waals surface area contributed by atoms with E-state index < -0.39 is 0 Å². The summed E-state index contributed by atoms with van der Waals surface area (Å²) in [5.74, 6) is 0.173. The number of nitrogens with zero attached hydrogens (tertiary/aromatic N) is 2. The fourth-order valence-corrected chi connectivity index (χ4v) is 1.93. The summed E-state index contributed by atoms with van der Waals surface area (Å²) in [6.07, 6.45) is 2.14. The lowest BCUT2D eigenvalue weighted by atomic mass is 10.2. The van der Waals surface area contributed by atoms with Crippen molar-refractivity contribution < 1.29 is 4.79 Å². The van der Waals surface area contributed by atoms with E-state index in [-0.39, 0.29) is 5.91 Å². The third kappa shape index (κ3) is 2.79. The minimum absolute atomic E-state index is 0.173. The number of hydrogen-bond donors (Lipinski definition) is 1. The molecule has 1 atom stereocenters. The first-order valence-corrected chi connectivity index (χ1v) is 5.67. The van der Waals surface area contributed by atoms with Crippen LogP contribution in [0.4, 0.5) is 0 Å². The van der Waals surface area contributed by atoms with Crippen molar-refractivity contribution in [3.05, 3.63) is 30.1 Å². The number of pyridine rings is 1. The fourth-order valence-electron chi connectivity index (χ4n) is 1.93. The minimum Gasteiger partial charge on any atom is -0.340 e. The molecule has 2 rings (SSSR count). The maximum atomic E-state index is 12.0. The van der Waals surface area contributed by atoms with Crippen LogP contribution in [0.3, 0.4) is 0 Å². The highest BCUT2D eigenvalue weighted by molar-refractivity contribution is 5.78. The lowest BCUT2D eigenvalue weighted by Gasteiger charge is -2.31. The van der Waals surface area contributed by atoms with Crippen molar-refractivity contribution >= 4 is 5.91 Å². The van der Waals surface area contributed by atoms with Gasteiger partial charge in [-0.05, 0) is 19.1 Å². The van der Waals surface area contributed by atoms with Crippen LogP contribution in [0.15, 0.2) is 24.4 Å². The molecule has 1 aliphatic rings. The Labute approximate surface area is 95.7 Å². The summed E-state index contributed by atoms with van der Waals surface area (Å²) in [5, 5.41) is 3.32. The van der Waals surface area contributed by atoms with E-state index in [1.165, 1.54) is 0 Å². The maximum absolute atomic E-state index is 12.0. The van der Waals surface area contributed by atoms with Gasteiger partial charge in [-0.2, -0.15) is 0 Å². The SMILES string of the molecule is C[C@H]1CN(C(=O)Cc2ccccn2)CCN1. The molecule has 1 saturated heterocycles. The third-order valence-electron chi connectivity index (χ3n) is 2.78. The topological polar surface area (TPSA) is 45.2 Å². The van der Waals surface area contributed by atoms with Crippen LogP contribution in [0, 0.1) is 0 Å². The molecule has 1 N–H and O–H groups in total. The van der Waals surface area contributed by atoms with E-state index in [9.17, 15) is 4.79 Å². The first kappa shape index (κ1) is 11.1. The zero-order chi connectivity index (χ0) is 11.4. The molecule has 1 fully saturated rings. The molecule has 1 amide bonds. The number of carbonyl (C=O) groups excluding carboxylic acids is 1. The van der Waals surface area contributed by atoms with Crippen LogP contribution in [0.5, 0.6) is 0 Å². The van der Waals surface area contributed by atoms with Crippen LogP contribution in [-0.2, 0) is 11.2 Å². The molecular formula is C12H17N3O. The average Bonchev–Trinajstić information content (AvgIpc) is 2.30. The normalized spacial score (nSPS) is 20.8. The van der Waals surface area contributed by atoms with Gasteiger partial charge in [-0.15, -0.1) is 0 Å². The summed E-state index contributed by atoms with van der Waals surface area (Å²) in [5.41, 5.74) is 0.846. The highest BCUT2D eigenvalue weighted by atomic mass is 16.2. The Kier molecular flexibility index (Phi) is 3.51. The number of aromatic nitrogens is 1. The molecule has 0 aliphatic carbocycles. The van der Waals surface area contributed by atoms with Crippen molar-refractivity contribution in [1.29, 1.82) is 0 Å².